The van der Waals surface area contributed by atoms with E-state index in [0.29, 0.717) is 0 Å². The summed E-state index contributed by atoms with van der Waals surface area (Å²) < 4.78 is 0. The summed E-state index contributed by atoms with van der Waals surface area (Å²) in [5.41, 5.74) is 8.52. The van der Waals surface area contributed by atoms with Gasteiger partial charge in [-0.25, -0.2) is 0 Å². The van der Waals surface area contributed by atoms with Crippen LogP contribution in [-0.4, -0.2) is 5.43 Å². The van der Waals surface area contributed by atoms with E-state index in [-0.39, 0.29) is 5.43 Å². The minimum absolute atomic E-state index is 0.224. The van der Waals surface area contributed by atoms with Gasteiger partial charge in [0, 0.05) is 0 Å². The number of benzene rings is 2. The van der Waals surface area contributed by atoms with E-state index in [9.17, 15) is 0 Å². The van der Waals surface area contributed by atoms with Crippen molar-refractivity contribution >= 4 is 44.0 Å². The number of fused-ring (bicyclic) bond motifs is 2. The molecule has 0 atom stereocenters. The standard InChI is InChI=1S/2C15H19.C2H6Si.2ClH.Zr/c2*1-4-6-13-7-11(3)8-14-9-12(5-2)10-15(13)14;1-3-2;;;/h2*7-10H,4-6H2,1-3H3;1-2H3;2*1H;/q2*-1;;;;+2/p-2. The molecule has 196 valence electrons. The quantitative estimate of drug-likeness (QED) is 0.149. The maximum atomic E-state index is 5.62. The fourth-order valence-electron chi connectivity index (χ4n) is 4.61. The van der Waals surface area contributed by atoms with Crippen molar-refractivity contribution in [1.29, 1.82) is 0 Å². The number of aryl methyl sites for hydroxylation is 6. The molecule has 0 saturated heterocycles. The Morgan fingerprint density at radius 2 is 1.03 bits per heavy atom. The molecule has 0 aliphatic heterocycles. The molecule has 4 rings (SSSR count). The van der Waals surface area contributed by atoms with Gasteiger partial charge in [-0.05, 0) is 39.5 Å². The molecule has 0 nitrogen and oxygen atoms in total. The first kappa shape index (κ1) is 31.6. The molecule has 0 fully saturated rings. The molecule has 4 aromatic carbocycles. The van der Waals surface area contributed by atoms with Crippen molar-refractivity contribution < 1.29 is 18.0 Å². The van der Waals surface area contributed by atoms with Gasteiger partial charge in [-0.3, -0.25) is 0 Å². The second-order valence-corrected chi connectivity index (χ2v) is 33.0. The van der Waals surface area contributed by atoms with E-state index in [1.807, 2.05) is 0 Å². The number of hydrogen-bond acceptors (Lipinski definition) is 0. The molecular weight excluding hydrogens is 575 g/mol. The molecule has 0 aliphatic rings. The molecule has 0 spiro atoms. The summed E-state index contributed by atoms with van der Waals surface area (Å²) >= 11 is -1.65. The molecule has 0 bridgehead atoms. The third kappa shape index (κ3) is 9.27. The Hall–Kier alpha value is -0.660. The molecular formula is C32H44Cl2SiZr-2. The summed E-state index contributed by atoms with van der Waals surface area (Å²) in [6.45, 7) is 17.7. The Bertz CT molecular complexity index is 1180. The van der Waals surface area contributed by atoms with Gasteiger partial charge in [0.1, 0.15) is 0 Å². The van der Waals surface area contributed by atoms with Crippen LogP contribution in [0.3, 0.4) is 0 Å². The Balaban J connectivity index is 0.000000208. The fourth-order valence-corrected chi connectivity index (χ4v) is 4.61. The van der Waals surface area contributed by atoms with E-state index in [0.717, 1.165) is 12.8 Å². The first-order valence-electron chi connectivity index (χ1n) is 13.5. The molecule has 36 heavy (non-hydrogen) atoms. The van der Waals surface area contributed by atoms with Gasteiger partial charge in [0.05, 0.1) is 0 Å². The van der Waals surface area contributed by atoms with Crippen molar-refractivity contribution in [3.05, 3.63) is 81.9 Å². The topological polar surface area (TPSA) is 0 Å². The van der Waals surface area contributed by atoms with Crippen molar-refractivity contribution in [1.82, 2.24) is 0 Å². The fraction of sp³-hybridized carbons (Fsp3) is 0.438. The average Bonchev–Trinajstić information content (AvgIpc) is 3.44. The van der Waals surface area contributed by atoms with Crippen LogP contribution in [0.4, 0.5) is 0 Å². The van der Waals surface area contributed by atoms with Crippen LogP contribution in [0.15, 0.2) is 48.5 Å². The summed E-state index contributed by atoms with van der Waals surface area (Å²) in [6, 6.07) is 18.7. The van der Waals surface area contributed by atoms with Gasteiger partial charge >= 0.3 is 53.5 Å². The van der Waals surface area contributed by atoms with Crippen LogP contribution in [0.1, 0.15) is 73.9 Å². The molecule has 4 aromatic rings. The zero-order valence-corrected chi connectivity index (χ0v) is 28.6. The van der Waals surface area contributed by atoms with Crippen molar-refractivity contribution in [2.75, 3.05) is 0 Å². The van der Waals surface area contributed by atoms with Crippen LogP contribution in [-0.2, 0) is 43.7 Å². The van der Waals surface area contributed by atoms with E-state index < -0.39 is 18.0 Å². The minimum atomic E-state index is -1.65. The Kier molecular flexibility index (Phi) is 13.7. The summed E-state index contributed by atoms with van der Waals surface area (Å²) in [6.07, 6.45) is 7.13. The zero-order valence-electron chi connectivity index (χ0n) is 23.6. The predicted octanol–water partition coefficient (Wildman–Crippen LogP) is 10.9. The Morgan fingerprint density at radius 3 is 1.31 bits per heavy atom. The van der Waals surface area contributed by atoms with Gasteiger partial charge in [0.15, 0.2) is 0 Å². The molecule has 0 saturated carbocycles. The number of hydrogen-bond donors (Lipinski definition) is 0. The molecule has 0 aromatic heterocycles. The van der Waals surface area contributed by atoms with Crippen LogP contribution in [0, 0.1) is 13.8 Å². The van der Waals surface area contributed by atoms with E-state index >= 15 is 0 Å². The van der Waals surface area contributed by atoms with Gasteiger partial charge < -0.3 is 0 Å². The molecule has 0 amide bonds. The van der Waals surface area contributed by atoms with Crippen LogP contribution in [0.25, 0.3) is 21.5 Å². The molecule has 0 radical (unpaired) electrons. The van der Waals surface area contributed by atoms with Gasteiger partial charge in [-0.1, -0.05) is 74.9 Å². The Labute approximate surface area is 235 Å². The van der Waals surface area contributed by atoms with Crippen molar-refractivity contribution in [2.24, 2.45) is 0 Å². The van der Waals surface area contributed by atoms with Gasteiger partial charge in [0.25, 0.3) is 0 Å². The summed E-state index contributed by atoms with van der Waals surface area (Å²) in [4.78, 5) is 0. The maximum absolute atomic E-state index is 5.62. The summed E-state index contributed by atoms with van der Waals surface area (Å²) in [5, 5.41) is 5.80. The third-order valence-electron chi connectivity index (χ3n) is 6.46. The predicted molar refractivity (Wildman–Crippen MR) is 164 cm³/mol. The van der Waals surface area contributed by atoms with Crippen LogP contribution < -0.4 is 0 Å². The van der Waals surface area contributed by atoms with Crippen molar-refractivity contribution in [3.63, 3.8) is 0 Å². The van der Waals surface area contributed by atoms with Crippen LogP contribution in [0.2, 0.25) is 13.1 Å². The molecule has 0 heterocycles. The second kappa shape index (κ2) is 15.7. The summed E-state index contributed by atoms with van der Waals surface area (Å²) in [5.74, 6) is 0. The second-order valence-electron chi connectivity index (χ2n) is 10.0. The van der Waals surface area contributed by atoms with E-state index in [4.69, 9.17) is 17.0 Å². The molecule has 0 N–H and O–H groups in total. The molecule has 0 unspecified atom stereocenters. The van der Waals surface area contributed by atoms with E-state index in [2.05, 4.69) is 103 Å². The van der Waals surface area contributed by atoms with Crippen LogP contribution >= 0.6 is 17.0 Å². The molecule has 4 heteroatoms. The average molecular weight is 619 g/mol. The first-order chi connectivity index (χ1) is 17.1. The third-order valence-corrected chi connectivity index (χ3v) is 26.2. The first-order valence-corrected chi connectivity index (χ1v) is 26.0. The normalized spacial score (nSPS) is 10.6. The van der Waals surface area contributed by atoms with E-state index in [1.54, 1.807) is 0 Å². The number of rotatable bonds is 6. The van der Waals surface area contributed by atoms with Crippen LogP contribution in [0.5, 0.6) is 0 Å². The Morgan fingerprint density at radius 1 is 0.667 bits per heavy atom. The SMILES string of the molecule is CCCc1cc(C)cc2[cH-]c(CC)cc12.CCCc1cc(C)cc2[cH-]c(CC)cc12.C[Si](C)=[Zr]([Cl])[Cl]. The number of halogens is 2. The van der Waals surface area contributed by atoms with Gasteiger partial charge in [-0.15, -0.1) is 56.9 Å². The van der Waals surface area contributed by atoms with E-state index in [1.165, 1.54) is 80.6 Å². The van der Waals surface area contributed by atoms with Gasteiger partial charge in [0.2, 0.25) is 0 Å². The van der Waals surface area contributed by atoms with Crippen molar-refractivity contribution in [2.45, 2.75) is 93.2 Å². The zero-order chi connectivity index (χ0) is 26.8. The van der Waals surface area contributed by atoms with Gasteiger partial charge in [-0.2, -0.15) is 12.1 Å². The molecule has 0 aliphatic carbocycles. The summed E-state index contributed by atoms with van der Waals surface area (Å²) in [7, 11) is 11.2. The van der Waals surface area contributed by atoms with Crippen molar-refractivity contribution in [3.8, 4) is 0 Å². The monoisotopic (exact) mass is 616 g/mol.